The SMILES string of the molecule is CCc1c(-c2ccccc2)cc(NC(C)=O)c2c[nH+]c3ccc(N)cc3c12.[Br-]. The third-order valence-corrected chi connectivity index (χ3v) is 4.91. The van der Waals surface area contributed by atoms with Crippen molar-refractivity contribution in [3.8, 4) is 11.1 Å². The van der Waals surface area contributed by atoms with Crippen LogP contribution in [0, 0.1) is 0 Å². The molecule has 0 atom stereocenters. The molecule has 142 valence electrons. The van der Waals surface area contributed by atoms with Crippen molar-refractivity contribution >= 4 is 39.0 Å². The molecule has 4 nitrogen and oxygen atoms in total. The fourth-order valence-electron chi connectivity index (χ4n) is 3.78. The van der Waals surface area contributed by atoms with E-state index in [1.165, 1.54) is 12.5 Å². The summed E-state index contributed by atoms with van der Waals surface area (Å²) < 4.78 is 0. The molecule has 0 aliphatic carbocycles. The second-order valence-electron chi connectivity index (χ2n) is 6.73. The van der Waals surface area contributed by atoms with Gasteiger partial charge in [0.05, 0.1) is 16.5 Å². The lowest BCUT2D eigenvalue weighted by Crippen LogP contribution is -3.00. The maximum absolute atomic E-state index is 11.8. The Bertz CT molecular complexity index is 1170. The molecule has 3 aromatic carbocycles. The maximum atomic E-state index is 11.8. The highest BCUT2D eigenvalue weighted by Crippen LogP contribution is 2.38. The summed E-state index contributed by atoms with van der Waals surface area (Å²) in [6.45, 7) is 3.69. The van der Waals surface area contributed by atoms with Gasteiger partial charge in [-0.3, -0.25) is 4.79 Å². The van der Waals surface area contributed by atoms with Crippen LogP contribution in [0.15, 0.2) is 60.8 Å². The summed E-state index contributed by atoms with van der Waals surface area (Å²) in [5.74, 6) is -0.0905. The van der Waals surface area contributed by atoms with Gasteiger partial charge in [-0.15, -0.1) is 0 Å². The Labute approximate surface area is 174 Å². The Morgan fingerprint density at radius 1 is 1.07 bits per heavy atom. The highest BCUT2D eigenvalue weighted by molar-refractivity contribution is 6.14. The van der Waals surface area contributed by atoms with Gasteiger partial charge in [-0.05, 0) is 41.3 Å². The summed E-state index contributed by atoms with van der Waals surface area (Å²) in [5, 5.41) is 6.18. The van der Waals surface area contributed by atoms with E-state index in [-0.39, 0.29) is 22.9 Å². The fraction of sp³-hybridized carbons (Fsp3) is 0.130. The normalized spacial score (nSPS) is 10.6. The van der Waals surface area contributed by atoms with E-state index in [0.717, 1.165) is 50.6 Å². The number of carbonyl (C=O) groups is 1. The number of benzene rings is 3. The summed E-state index contributed by atoms with van der Waals surface area (Å²) in [6.07, 6.45) is 2.84. The van der Waals surface area contributed by atoms with Gasteiger partial charge in [-0.1, -0.05) is 37.3 Å². The van der Waals surface area contributed by atoms with Crippen LogP contribution in [-0.4, -0.2) is 5.91 Å². The van der Waals surface area contributed by atoms with Crippen LogP contribution in [0.25, 0.3) is 32.8 Å². The van der Waals surface area contributed by atoms with Crippen molar-refractivity contribution in [3.63, 3.8) is 0 Å². The molecule has 4 N–H and O–H groups in total. The van der Waals surface area contributed by atoms with E-state index in [1.54, 1.807) is 0 Å². The number of pyridine rings is 1. The number of nitrogens with two attached hydrogens (primary N) is 1. The van der Waals surface area contributed by atoms with Gasteiger partial charge in [0.2, 0.25) is 11.4 Å². The number of amides is 1. The van der Waals surface area contributed by atoms with Crippen LogP contribution < -0.4 is 33.0 Å². The van der Waals surface area contributed by atoms with Gasteiger partial charge in [0, 0.05) is 24.1 Å². The topological polar surface area (TPSA) is 69.3 Å². The third kappa shape index (κ3) is 3.45. The monoisotopic (exact) mass is 435 g/mol. The molecule has 1 aromatic heterocycles. The van der Waals surface area contributed by atoms with Gasteiger partial charge in [-0.2, -0.15) is 0 Å². The molecule has 1 amide bonds. The molecule has 5 heteroatoms. The first-order chi connectivity index (χ1) is 13.1. The summed E-state index contributed by atoms with van der Waals surface area (Å²) in [7, 11) is 0. The van der Waals surface area contributed by atoms with E-state index in [9.17, 15) is 4.79 Å². The van der Waals surface area contributed by atoms with E-state index in [2.05, 4.69) is 35.4 Å². The summed E-state index contributed by atoms with van der Waals surface area (Å²) in [6, 6.07) is 18.2. The highest BCUT2D eigenvalue weighted by Gasteiger charge is 2.18. The lowest BCUT2D eigenvalue weighted by Gasteiger charge is -2.16. The van der Waals surface area contributed by atoms with Crippen molar-refractivity contribution in [2.24, 2.45) is 0 Å². The number of hydrogen-bond acceptors (Lipinski definition) is 2. The number of nitrogen functional groups attached to an aromatic ring is 1. The van der Waals surface area contributed by atoms with E-state index in [1.807, 2.05) is 42.6 Å². The van der Waals surface area contributed by atoms with Crippen LogP contribution in [0.1, 0.15) is 19.4 Å². The zero-order chi connectivity index (χ0) is 19.0. The number of rotatable bonds is 3. The minimum absolute atomic E-state index is 0. The lowest BCUT2D eigenvalue weighted by atomic mass is 9.90. The number of halogens is 1. The predicted octanol–water partition coefficient (Wildman–Crippen LogP) is 1.58. The minimum atomic E-state index is -0.0905. The summed E-state index contributed by atoms with van der Waals surface area (Å²) in [4.78, 5) is 15.2. The Balaban J connectivity index is 0.00000225. The van der Waals surface area contributed by atoms with Crippen LogP contribution in [0.5, 0.6) is 0 Å². The van der Waals surface area contributed by atoms with Gasteiger partial charge < -0.3 is 28.0 Å². The number of anilines is 2. The largest absolute Gasteiger partial charge is 1.00 e. The number of aryl methyl sites for hydroxylation is 1. The number of aromatic amines is 1. The van der Waals surface area contributed by atoms with Crippen molar-refractivity contribution < 1.29 is 26.8 Å². The van der Waals surface area contributed by atoms with Crippen LogP contribution in [0.3, 0.4) is 0 Å². The molecular weight excluding hydrogens is 414 g/mol. The first-order valence-electron chi connectivity index (χ1n) is 9.11. The molecule has 4 aromatic rings. The minimum Gasteiger partial charge on any atom is -1.00 e. The summed E-state index contributed by atoms with van der Waals surface area (Å²) in [5.41, 5.74) is 12.1. The average Bonchev–Trinajstić information content (AvgIpc) is 2.67. The van der Waals surface area contributed by atoms with E-state index in [4.69, 9.17) is 5.73 Å². The Hall–Kier alpha value is -2.92. The van der Waals surface area contributed by atoms with Gasteiger partial charge in [0.15, 0.2) is 6.20 Å². The molecule has 0 spiro atoms. The number of fused-ring (bicyclic) bond motifs is 3. The fourth-order valence-corrected chi connectivity index (χ4v) is 3.78. The molecule has 0 fully saturated rings. The molecule has 4 rings (SSSR count). The smallest absolute Gasteiger partial charge is 0.221 e. The van der Waals surface area contributed by atoms with Crippen LogP contribution >= 0.6 is 0 Å². The standard InChI is InChI=1S/C23H21N3O.BrH/c1-3-17-18(15-7-5-4-6-8-15)12-22(26-14(2)27)20-13-25-21-10-9-16(24)11-19(21)23(17)20;/h4-13H,3,24H2,1-2H3,(H,26,27);1H. The van der Waals surface area contributed by atoms with E-state index in [0.29, 0.717) is 0 Å². The van der Waals surface area contributed by atoms with E-state index < -0.39 is 0 Å². The van der Waals surface area contributed by atoms with Crippen molar-refractivity contribution in [3.05, 3.63) is 66.4 Å². The molecule has 0 aliphatic rings. The molecule has 0 aliphatic heterocycles. The van der Waals surface area contributed by atoms with Gasteiger partial charge >= 0.3 is 0 Å². The molecule has 0 saturated carbocycles. The second kappa shape index (κ2) is 7.98. The summed E-state index contributed by atoms with van der Waals surface area (Å²) >= 11 is 0. The lowest BCUT2D eigenvalue weighted by molar-refractivity contribution is -0.342. The van der Waals surface area contributed by atoms with Crippen LogP contribution in [-0.2, 0) is 11.2 Å². The number of carbonyl (C=O) groups excluding carboxylic acids is 1. The Morgan fingerprint density at radius 2 is 1.82 bits per heavy atom. The van der Waals surface area contributed by atoms with Gasteiger partial charge in [0.25, 0.3) is 0 Å². The molecule has 1 heterocycles. The second-order valence-corrected chi connectivity index (χ2v) is 6.73. The van der Waals surface area contributed by atoms with Crippen molar-refractivity contribution in [1.29, 1.82) is 0 Å². The first kappa shape index (κ1) is 19.8. The Morgan fingerprint density at radius 3 is 2.50 bits per heavy atom. The van der Waals surface area contributed by atoms with Gasteiger partial charge in [-0.25, -0.2) is 4.98 Å². The number of hydrogen-bond donors (Lipinski definition) is 2. The zero-order valence-corrected chi connectivity index (χ0v) is 17.4. The van der Waals surface area contributed by atoms with Crippen molar-refractivity contribution in [1.82, 2.24) is 0 Å². The number of nitrogens with one attached hydrogen (secondary N) is 2. The molecule has 0 unspecified atom stereocenters. The van der Waals surface area contributed by atoms with Crippen LogP contribution in [0.2, 0.25) is 0 Å². The number of H-pyrrole nitrogens is 1. The molecule has 0 bridgehead atoms. The van der Waals surface area contributed by atoms with E-state index >= 15 is 0 Å². The quantitative estimate of drug-likeness (QED) is 0.378. The van der Waals surface area contributed by atoms with Crippen LogP contribution in [0.4, 0.5) is 11.4 Å². The molecular formula is C23H22BrN3O. The van der Waals surface area contributed by atoms with Crippen molar-refractivity contribution in [2.75, 3.05) is 11.1 Å². The number of aromatic nitrogens is 1. The highest BCUT2D eigenvalue weighted by atomic mass is 79.9. The third-order valence-electron chi connectivity index (χ3n) is 4.91. The Kier molecular flexibility index (Phi) is 5.66. The molecule has 0 saturated heterocycles. The average molecular weight is 436 g/mol. The molecule has 28 heavy (non-hydrogen) atoms. The van der Waals surface area contributed by atoms with Gasteiger partial charge in [0.1, 0.15) is 0 Å². The predicted molar refractivity (Wildman–Crippen MR) is 112 cm³/mol. The maximum Gasteiger partial charge on any atom is 0.221 e. The zero-order valence-electron chi connectivity index (χ0n) is 15.8. The first-order valence-corrected chi connectivity index (χ1v) is 9.11. The van der Waals surface area contributed by atoms with Crippen molar-refractivity contribution in [2.45, 2.75) is 20.3 Å². The molecule has 0 radical (unpaired) electrons.